The molecule has 0 amide bonds. The van der Waals surface area contributed by atoms with Gasteiger partial charge >= 0.3 is 0 Å². The predicted octanol–water partition coefficient (Wildman–Crippen LogP) is -1.79. The van der Waals surface area contributed by atoms with Crippen molar-refractivity contribution in [3.63, 3.8) is 0 Å². The molecular formula is C9H18O6. The summed E-state index contributed by atoms with van der Waals surface area (Å²) in [5.74, 6) is -1.62. The van der Waals surface area contributed by atoms with Crippen LogP contribution in [0, 0.1) is 0 Å². The van der Waals surface area contributed by atoms with E-state index in [1.807, 2.05) is 6.92 Å². The van der Waals surface area contributed by atoms with Crippen molar-refractivity contribution < 1.29 is 29.9 Å². The Morgan fingerprint density at radius 3 is 2.60 bits per heavy atom. The number of hydrogen-bond donors (Lipinski definition) is 4. The first-order valence-corrected chi connectivity index (χ1v) is 5.00. The van der Waals surface area contributed by atoms with Crippen molar-refractivity contribution in [1.29, 1.82) is 0 Å². The van der Waals surface area contributed by atoms with Gasteiger partial charge in [-0.05, 0) is 6.42 Å². The minimum Gasteiger partial charge on any atom is -0.391 e. The van der Waals surface area contributed by atoms with Gasteiger partial charge in [0.25, 0.3) is 0 Å². The third-order valence-corrected chi connectivity index (χ3v) is 2.44. The van der Waals surface area contributed by atoms with Gasteiger partial charge in [-0.1, -0.05) is 6.92 Å². The molecule has 0 aromatic heterocycles. The normalized spacial score (nSPS) is 41.8. The smallest absolute Gasteiger partial charge is 0.221 e. The zero-order chi connectivity index (χ0) is 11.5. The van der Waals surface area contributed by atoms with Gasteiger partial charge in [-0.2, -0.15) is 0 Å². The van der Waals surface area contributed by atoms with E-state index in [9.17, 15) is 15.3 Å². The van der Waals surface area contributed by atoms with Crippen LogP contribution in [0.15, 0.2) is 0 Å². The molecule has 90 valence electrons. The monoisotopic (exact) mass is 222 g/mol. The summed E-state index contributed by atoms with van der Waals surface area (Å²) in [4.78, 5) is 0. The second-order valence-corrected chi connectivity index (χ2v) is 3.63. The molecule has 1 fully saturated rings. The van der Waals surface area contributed by atoms with Gasteiger partial charge in [0.2, 0.25) is 5.79 Å². The van der Waals surface area contributed by atoms with Crippen LogP contribution in [0.1, 0.15) is 13.3 Å². The second kappa shape index (κ2) is 5.20. The van der Waals surface area contributed by atoms with Crippen LogP contribution < -0.4 is 0 Å². The van der Waals surface area contributed by atoms with E-state index in [4.69, 9.17) is 14.6 Å². The average molecular weight is 222 g/mol. The maximum atomic E-state index is 9.67. The van der Waals surface area contributed by atoms with Crippen LogP contribution in [0.3, 0.4) is 0 Å². The largest absolute Gasteiger partial charge is 0.391 e. The van der Waals surface area contributed by atoms with E-state index < -0.39 is 30.7 Å². The molecule has 0 saturated carbocycles. The highest BCUT2D eigenvalue weighted by molar-refractivity contribution is 4.92. The van der Waals surface area contributed by atoms with E-state index in [-0.39, 0.29) is 6.61 Å². The van der Waals surface area contributed by atoms with Crippen molar-refractivity contribution >= 4 is 0 Å². The molecule has 0 aromatic carbocycles. The lowest BCUT2D eigenvalue weighted by molar-refractivity contribution is -0.348. The molecule has 4 N–H and O–H groups in total. The highest BCUT2D eigenvalue weighted by Crippen LogP contribution is 2.27. The highest BCUT2D eigenvalue weighted by Gasteiger charge is 2.50. The van der Waals surface area contributed by atoms with E-state index in [2.05, 4.69) is 0 Å². The quantitative estimate of drug-likeness (QED) is 0.448. The lowest BCUT2D eigenvalue weighted by Gasteiger charge is -2.43. The topological polar surface area (TPSA) is 99.4 Å². The molecule has 0 spiro atoms. The molecule has 0 radical (unpaired) electrons. The van der Waals surface area contributed by atoms with Crippen molar-refractivity contribution in [2.24, 2.45) is 0 Å². The van der Waals surface area contributed by atoms with E-state index >= 15 is 0 Å². The Hall–Kier alpha value is -0.240. The van der Waals surface area contributed by atoms with Crippen LogP contribution in [0.25, 0.3) is 0 Å². The fourth-order valence-electron chi connectivity index (χ4n) is 1.47. The van der Waals surface area contributed by atoms with E-state index in [0.717, 1.165) is 0 Å². The van der Waals surface area contributed by atoms with Gasteiger partial charge in [-0.15, -0.1) is 0 Å². The lowest BCUT2D eigenvalue weighted by atomic mass is 9.97. The van der Waals surface area contributed by atoms with Crippen molar-refractivity contribution in [1.82, 2.24) is 0 Å². The molecule has 0 aliphatic carbocycles. The first-order chi connectivity index (χ1) is 7.07. The maximum absolute atomic E-state index is 9.67. The molecule has 4 atom stereocenters. The summed E-state index contributed by atoms with van der Waals surface area (Å²) < 4.78 is 10.3. The molecule has 1 aliphatic rings. The molecule has 1 rings (SSSR count). The van der Waals surface area contributed by atoms with Crippen molar-refractivity contribution in [3.05, 3.63) is 0 Å². The summed E-state index contributed by atoms with van der Waals surface area (Å²) in [7, 11) is 0. The second-order valence-electron chi connectivity index (χ2n) is 3.63. The van der Waals surface area contributed by atoms with Gasteiger partial charge in [-0.3, -0.25) is 0 Å². The van der Waals surface area contributed by atoms with Gasteiger partial charge in [0.1, 0.15) is 24.9 Å². The minimum atomic E-state index is -1.62. The van der Waals surface area contributed by atoms with Crippen LogP contribution in [-0.2, 0) is 9.47 Å². The van der Waals surface area contributed by atoms with Gasteiger partial charge in [0.05, 0.1) is 6.61 Å². The molecule has 0 bridgehead atoms. The Kier molecular flexibility index (Phi) is 4.45. The molecule has 15 heavy (non-hydrogen) atoms. The minimum absolute atomic E-state index is 0.178. The van der Waals surface area contributed by atoms with Gasteiger partial charge in [0.15, 0.2) is 0 Å². The van der Waals surface area contributed by atoms with Gasteiger partial charge in [0, 0.05) is 6.61 Å². The summed E-state index contributed by atoms with van der Waals surface area (Å²) in [6.45, 7) is 1.41. The Balaban J connectivity index is 2.71. The first-order valence-electron chi connectivity index (χ1n) is 5.00. The lowest BCUT2D eigenvalue weighted by Crippen LogP contribution is -2.63. The summed E-state index contributed by atoms with van der Waals surface area (Å²) >= 11 is 0. The van der Waals surface area contributed by atoms with Crippen molar-refractivity contribution in [2.45, 2.75) is 37.4 Å². The number of ether oxygens (including phenoxy) is 2. The zero-order valence-electron chi connectivity index (χ0n) is 8.67. The van der Waals surface area contributed by atoms with Crippen LogP contribution >= 0.6 is 0 Å². The third-order valence-electron chi connectivity index (χ3n) is 2.44. The molecule has 6 heteroatoms. The molecule has 1 aliphatic heterocycles. The number of aliphatic hydroxyl groups is 4. The molecule has 0 aromatic rings. The van der Waals surface area contributed by atoms with Crippen molar-refractivity contribution in [2.75, 3.05) is 19.8 Å². The zero-order valence-corrected chi connectivity index (χ0v) is 8.67. The molecule has 1 saturated heterocycles. The summed E-state index contributed by atoms with van der Waals surface area (Å²) in [5, 5.41) is 37.5. The Morgan fingerprint density at radius 1 is 1.40 bits per heavy atom. The number of hydrogen-bond acceptors (Lipinski definition) is 6. The predicted molar refractivity (Wildman–Crippen MR) is 50.0 cm³/mol. The van der Waals surface area contributed by atoms with Crippen LogP contribution in [0.4, 0.5) is 0 Å². The molecule has 1 heterocycles. The Labute approximate surface area is 88.1 Å². The average Bonchev–Trinajstić information content (AvgIpc) is 2.26. The Bertz CT molecular complexity index is 195. The number of aliphatic hydroxyl groups excluding tert-OH is 4. The third kappa shape index (κ3) is 2.47. The van der Waals surface area contributed by atoms with Crippen LogP contribution in [0.5, 0.6) is 0 Å². The standard InChI is InChI=1S/C9H18O6/c1-2-3-14-9(5-10)8(13)7(12)6(11)4-15-9/h6-8,10-13H,2-5H2,1H3/t6-,7-,8+,9-/m1/s1. The maximum Gasteiger partial charge on any atom is 0.221 e. The van der Waals surface area contributed by atoms with E-state index in [1.54, 1.807) is 0 Å². The highest BCUT2D eigenvalue weighted by atomic mass is 16.7. The van der Waals surface area contributed by atoms with Crippen molar-refractivity contribution in [3.8, 4) is 0 Å². The van der Waals surface area contributed by atoms with Crippen LogP contribution in [-0.4, -0.2) is 64.3 Å². The molecular weight excluding hydrogens is 204 g/mol. The van der Waals surface area contributed by atoms with Gasteiger partial charge in [-0.25, -0.2) is 0 Å². The summed E-state index contributed by atoms with van der Waals surface area (Å²) in [6.07, 6.45) is -3.30. The van der Waals surface area contributed by atoms with E-state index in [1.165, 1.54) is 0 Å². The fraction of sp³-hybridized carbons (Fsp3) is 1.00. The SMILES string of the molecule is CCCO[C@]1(CO)OC[C@@H](O)[C@@H](O)[C@@H]1O. The first kappa shape index (κ1) is 12.8. The fourth-order valence-corrected chi connectivity index (χ4v) is 1.47. The summed E-state index contributed by atoms with van der Waals surface area (Å²) in [5.41, 5.74) is 0. The van der Waals surface area contributed by atoms with E-state index in [0.29, 0.717) is 13.0 Å². The number of rotatable bonds is 4. The molecule has 0 unspecified atom stereocenters. The Morgan fingerprint density at radius 2 is 2.07 bits per heavy atom. The summed E-state index contributed by atoms with van der Waals surface area (Å²) in [6, 6.07) is 0. The van der Waals surface area contributed by atoms with Gasteiger partial charge < -0.3 is 29.9 Å². The molecule has 6 nitrogen and oxygen atoms in total. The van der Waals surface area contributed by atoms with Crippen LogP contribution in [0.2, 0.25) is 0 Å².